The molecule has 1 fully saturated rings. The summed E-state index contributed by atoms with van der Waals surface area (Å²) in [5.41, 5.74) is 5.22. The summed E-state index contributed by atoms with van der Waals surface area (Å²) in [6.07, 6.45) is 4.77. The monoisotopic (exact) mass is 216 g/mol. The van der Waals surface area contributed by atoms with Crippen molar-refractivity contribution in [2.45, 2.75) is 45.6 Å². The van der Waals surface area contributed by atoms with Crippen LogP contribution >= 0.6 is 0 Å². The molecule has 4 N–H and O–H groups in total. The molecule has 0 aliphatic carbocycles. The Balaban J connectivity index is 0.000000280. The standard InChI is InChI=1S/C6H13NO2.C5H11N/c1-4(2)3-5(7)6(8)9;1-2-4-6-5-3-1/h4-5H,3,7H2,1-2H3,(H,8,9);6H,1-5H2/t5-;/m0./s1. The first-order valence-electron chi connectivity index (χ1n) is 5.73. The number of aliphatic carboxylic acids is 1. The first-order chi connectivity index (χ1) is 7.04. The number of nitrogens with two attached hydrogens (primary N) is 1. The number of rotatable bonds is 3. The fraction of sp³-hybridized carbons (Fsp3) is 0.909. The maximum atomic E-state index is 10.1. The summed E-state index contributed by atoms with van der Waals surface area (Å²) in [6.45, 7) is 6.39. The molecule has 0 radical (unpaired) electrons. The number of hydrogen-bond donors (Lipinski definition) is 3. The normalized spacial score (nSPS) is 17.9. The van der Waals surface area contributed by atoms with Crippen molar-refractivity contribution in [3.05, 3.63) is 0 Å². The number of carbonyl (C=O) groups is 1. The van der Waals surface area contributed by atoms with Crippen LogP contribution in [0, 0.1) is 5.92 Å². The predicted molar refractivity (Wildman–Crippen MR) is 61.8 cm³/mol. The second-order valence-electron chi connectivity index (χ2n) is 4.38. The van der Waals surface area contributed by atoms with Crippen molar-refractivity contribution < 1.29 is 9.90 Å². The zero-order chi connectivity index (χ0) is 11.7. The van der Waals surface area contributed by atoms with E-state index in [0.717, 1.165) is 0 Å². The average Bonchev–Trinajstić information content (AvgIpc) is 2.20. The van der Waals surface area contributed by atoms with E-state index in [1.165, 1.54) is 32.4 Å². The third kappa shape index (κ3) is 9.69. The fourth-order valence-corrected chi connectivity index (χ4v) is 1.41. The van der Waals surface area contributed by atoms with Gasteiger partial charge in [-0.3, -0.25) is 4.79 Å². The Bertz CT molecular complexity index is 156. The van der Waals surface area contributed by atoms with Crippen molar-refractivity contribution in [2.24, 2.45) is 11.7 Å². The molecule has 0 amide bonds. The highest BCUT2D eigenvalue weighted by atomic mass is 16.4. The Morgan fingerprint density at radius 3 is 2.00 bits per heavy atom. The number of hydrogen-bond acceptors (Lipinski definition) is 3. The number of carboxylic acids is 1. The predicted octanol–water partition coefficient (Wildman–Crippen LogP) is 1.20. The zero-order valence-electron chi connectivity index (χ0n) is 9.83. The number of carboxylic acid groups (broad SMARTS) is 1. The van der Waals surface area contributed by atoms with Crippen LogP contribution in [0.4, 0.5) is 0 Å². The molecule has 1 aliphatic rings. The van der Waals surface area contributed by atoms with Gasteiger partial charge in [-0.2, -0.15) is 0 Å². The summed E-state index contributed by atoms with van der Waals surface area (Å²) in [4.78, 5) is 10.1. The van der Waals surface area contributed by atoms with Crippen LogP contribution in [-0.4, -0.2) is 30.2 Å². The van der Waals surface area contributed by atoms with Crippen molar-refractivity contribution >= 4 is 5.97 Å². The first-order valence-corrected chi connectivity index (χ1v) is 5.73. The van der Waals surface area contributed by atoms with E-state index in [9.17, 15) is 4.79 Å². The topological polar surface area (TPSA) is 75.3 Å². The third-order valence-corrected chi connectivity index (χ3v) is 2.25. The lowest BCUT2D eigenvalue weighted by atomic mass is 10.1. The van der Waals surface area contributed by atoms with Gasteiger partial charge < -0.3 is 16.2 Å². The summed E-state index contributed by atoms with van der Waals surface area (Å²) in [5.74, 6) is -0.556. The van der Waals surface area contributed by atoms with Crippen LogP contribution in [0.1, 0.15) is 39.5 Å². The van der Waals surface area contributed by atoms with Gasteiger partial charge in [0.05, 0.1) is 0 Å². The van der Waals surface area contributed by atoms with Gasteiger partial charge in [0.15, 0.2) is 0 Å². The van der Waals surface area contributed by atoms with Gasteiger partial charge in [-0.15, -0.1) is 0 Å². The van der Waals surface area contributed by atoms with E-state index in [-0.39, 0.29) is 0 Å². The minimum Gasteiger partial charge on any atom is -0.480 e. The quantitative estimate of drug-likeness (QED) is 0.662. The van der Waals surface area contributed by atoms with E-state index >= 15 is 0 Å². The van der Waals surface area contributed by atoms with Crippen molar-refractivity contribution in [2.75, 3.05) is 13.1 Å². The summed E-state index contributed by atoms with van der Waals surface area (Å²) < 4.78 is 0. The number of nitrogens with one attached hydrogen (secondary N) is 1. The van der Waals surface area contributed by atoms with Crippen molar-refractivity contribution in [1.29, 1.82) is 0 Å². The van der Waals surface area contributed by atoms with Crippen LogP contribution in [-0.2, 0) is 4.79 Å². The Labute approximate surface area is 92.2 Å². The molecule has 1 aliphatic heterocycles. The molecule has 15 heavy (non-hydrogen) atoms. The van der Waals surface area contributed by atoms with Gasteiger partial charge in [0.2, 0.25) is 0 Å². The van der Waals surface area contributed by atoms with Gasteiger partial charge in [0.1, 0.15) is 6.04 Å². The van der Waals surface area contributed by atoms with Gasteiger partial charge in [-0.05, 0) is 38.3 Å². The van der Waals surface area contributed by atoms with E-state index in [0.29, 0.717) is 12.3 Å². The Morgan fingerprint density at radius 2 is 1.87 bits per heavy atom. The average molecular weight is 216 g/mol. The maximum Gasteiger partial charge on any atom is 0.320 e. The first kappa shape index (κ1) is 14.4. The Hall–Kier alpha value is -0.610. The van der Waals surface area contributed by atoms with Crippen LogP contribution < -0.4 is 11.1 Å². The third-order valence-electron chi connectivity index (χ3n) is 2.25. The van der Waals surface area contributed by atoms with Gasteiger partial charge >= 0.3 is 5.97 Å². The summed E-state index contributed by atoms with van der Waals surface area (Å²) in [7, 11) is 0. The Morgan fingerprint density at radius 1 is 1.33 bits per heavy atom. The van der Waals surface area contributed by atoms with Crippen LogP contribution in [0.2, 0.25) is 0 Å². The van der Waals surface area contributed by atoms with Gasteiger partial charge in [-0.25, -0.2) is 0 Å². The second-order valence-corrected chi connectivity index (χ2v) is 4.38. The molecule has 4 nitrogen and oxygen atoms in total. The molecule has 90 valence electrons. The van der Waals surface area contributed by atoms with E-state index < -0.39 is 12.0 Å². The van der Waals surface area contributed by atoms with Crippen molar-refractivity contribution in [3.63, 3.8) is 0 Å². The second kappa shape index (κ2) is 8.68. The summed E-state index contributed by atoms with van der Waals surface area (Å²) in [6, 6.07) is -0.690. The molecule has 0 unspecified atom stereocenters. The highest BCUT2D eigenvalue weighted by Crippen LogP contribution is 2.01. The van der Waals surface area contributed by atoms with Crippen LogP contribution in [0.25, 0.3) is 0 Å². The minimum atomic E-state index is -0.913. The molecule has 0 aromatic rings. The molecule has 1 saturated heterocycles. The van der Waals surface area contributed by atoms with Crippen LogP contribution in [0.3, 0.4) is 0 Å². The molecule has 0 spiro atoms. The van der Waals surface area contributed by atoms with E-state index in [4.69, 9.17) is 10.8 Å². The van der Waals surface area contributed by atoms with Crippen molar-refractivity contribution in [3.8, 4) is 0 Å². The number of piperidine rings is 1. The SMILES string of the molecule is C1CCNCC1.CC(C)C[C@H](N)C(=O)O. The lowest BCUT2D eigenvalue weighted by molar-refractivity contribution is -0.138. The summed E-state index contributed by atoms with van der Waals surface area (Å²) >= 11 is 0. The summed E-state index contributed by atoms with van der Waals surface area (Å²) in [5, 5.41) is 11.6. The molecule has 1 atom stereocenters. The molecule has 1 rings (SSSR count). The molecule has 1 heterocycles. The maximum absolute atomic E-state index is 10.1. The highest BCUT2D eigenvalue weighted by molar-refractivity contribution is 5.72. The lowest BCUT2D eigenvalue weighted by Gasteiger charge is -2.08. The molecule has 0 bridgehead atoms. The zero-order valence-corrected chi connectivity index (χ0v) is 9.83. The molecule has 0 aromatic heterocycles. The van der Waals surface area contributed by atoms with Gasteiger partial charge in [0, 0.05) is 0 Å². The fourth-order valence-electron chi connectivity index (χ4n) is 1.41. The molecular formula is C11H24N2O2. The van der Waals surface area contributed by atoms with E-state index in [1.54, 1.807) is 0 Å². The van der Waals surface area contributed by atoms with Crippen LogP contribution in [0.15, 0.2) is 0 Å². The van der Waals surface area contributed by atoms with E-state index in [1.807, 2.05) is 13.8 Å². The highest BCUT2D eigenvalue weighted by Gasteiger charge is 2.11. The van der Waals surface area contributed by atoms with Crippen molar-refractivity contribution in [1.82, 2.24) is 5.32 Å². The lowest BCUT2D eigenvalue weighted by Crippen LogP contribution is -2.31. The molecule has 0 aromatic carbocycles. The molecule has 4 heteroatoms. The molecule has 0 saturated carbocycles. The largest absolute Gasteiger partial charge is 0.480 e. The molecular weight excluding hydrogens is 192 g/mol. The van der Waals surface area contributed by atoms with Gasteiger partial charge in [0.25, 0.3) is 0 Å². The smallest absolute Gasteiger partial charge is 0.320 e. The Kier molecular flexibility index (Phi) is 8.33. The van der Waals surface area contributed by atoms with E-state index in [2.05, 4.69) is 5.32 Å². The minimum absolute atomic E-state index is 0.357. The van der Waals surface area contributed by atoms with Gasteiger partial charge in [-0.1, -0.05) is 20.3 Å². The van der Waals surface area contributed by atoms with Crippen LogP contribution in [0.5, 0.6) is 0 Å².